The van der Waals surface area contributed by atoms with Gasteiger partial charge < -0.3 is 15.4 Å². The van der Waals surface area contributed by atoms with Crippen molar-refractivity contribution in [3.8, 4) is 0 Å². The van der Waals surface area contributed by atoms with E-state index in [4.69, 9.17) is 4.74 Å². The van der Waals surface area contributed by atoms with Gasteiger partial charge in [0.25, 0.3) is 5.91 Å². The molecule has 5 heteroatoms. The Kier molecular flexibility index (Phi) is 6.56. The lowest BCUT2D eigenvalue weighted by Gasteiger charge is -2.08. The van der Waals surface area contributed by atoms with Crippen molar-refractivity contribution in [3.05, 3.63) is 59.3 Å². The summed E-state index contributed by atoms with van der Waals surface area (Å²) in [4.78, 5) is 16.2. The molecule has 0 aliphatic heterocycles. The molecule has 5 nitrogen and oxygen atoms in total. The van der Waals surface area contributed by atoms with Gasteiger partial charge in [-0.2, -0.15) is 0 Å². The average molecular weight is 313 g/mol. The Morgan fingerprint density at radius 2 is 1.96 bits per heavy atom. The van der Waals surface area contributed by atoms with Crippen LogP contribution < -0.4 is 10.6 Å². The van der Waals surface area contributed by atoms with Gasteiger partial charge in [-0.25, -0.2) is 4.98 Å². The van der Waals surface area contributed by atoms with Crippen molar-refractivity contribution >= 4 is 11.7 Å². The zero-order valence-corrected chi connectivity index (χ0v) is 13.6. The monoisotopic (exact) mass is 313 g/mol. The number of aromatic nitrogens is 1. The fourth-order valence-electron chi connectivity index (χ4n) is 2.05. The Morgan fingerprint density at radius 3 is 2.61 bits per heavy atom. The molecule has 0 fully saturated rings. The number of amides is 1. The fourth-order valence-corrected chi connectivity index (χ4v) is 2.05. The first-order valence-corrected chi connectivity index (χ1v) is 7.71. The molecule has 0 aliphatic carbocycles. The van der Waals surface area contributed by atoms with Crippen LogP contribution in [-0.4, -0.2) is 31.2 Å². The van der Waals surface area contributed by atoms with Crippen LogP contribution in [0.5, 0.6) is 0 Å². The van der Waals surface area contributed by atoms with Crippen molar-refractivity contribution < 1.29 is 9.53 Å². The lowest BCUT2D eigenvalue weighted by molar-refractivity contribution is 0.0948. The van der Waals surface area contributed by atoms with Crippen LogP contribution in [0, 0.1) is 6.92 Å². The second-order valence-corrected chi connectivity index (χ2v) is 5.37. The van der Waals surface area contributed by atoms with E-state index >= 15 is 0 Å². The van der Waals surface area contributed by atoms with Crippen LogP contribution in [0.2, 0.25) is 0 Å². The van der Waals surface area contributed by atoms with Crippen molar-refractivity contribution in [1.82, 2.24) is 10.3 Å². The first-order chi connectivity index (χ1) is 11.2. The number of carbonyl (C=O) groups is 1. The molecule has 1 amide bonds. The molecule has 23 heavy (non-hydrogen) atoms. The second kappa shape index (κ2) is 8.90. The van der Waals surface area contributed by atoms with E-state index in [0.29, 0.717) is 25.3 Å². The number of anilines is 1. The van der Waals surface area contributed by atoms with Gasteiger partial charge in [0.05, 0.1) is 5.56 Å². The number of rotatable bonds is 8. The predicted molar refractivity (Wildman–Crippen MR) is 91.6 cm³/mol. The van der Waals surface area contributed by atoms with E-state index < -0.39 is 0 Å². The van der Waals surface area contributed by atoms with E-state index in [1.54, 1.807) is 19.4 Å². The van der Waals surface area contributed by atoms with Gasteiger partial charge in [-0.15, -0.1) is 0 Å². The molecule has 1 aromatic heterocycles. The molecular weight excluding hydrogens is 290 g/mol. The summed E-state index contributed by atoms with van der Waals surface area (Å²) in [6.07, 6.45) is 2.38. The predicted octanol–water partition coefficient (Wildman–Crippen LogP) is 2.77. The molecule has 1 heterocycles. The summed E-state index contributed by atoms with van der Waals surface area (Å²) in [5, 5.41) is 6.08. The minimum atomic E-state index is -0.112. The minimum absolute atomic E-state index is 0.112. The third kappa shape index (κ3) is 5.71. The molecule has 0 radical (unpaired) electrons. The first-order valence-electron chi connectivity index (χ1n) is 7.71. The van der Waals surface area contributed by atoms with Crippen molar-refractivity contribution in [3.63, 3.8) is 0 Å². The molecule has 0 aliphatic rings. The number of aryl methyl sites for hydroxylation is 1. The Bertz CT molecular complexity index is 609. The largest absolute Gasteiger partial charge is 0.385 e. The number of nitrogens with one attached hydrogen (secondary N) is 2. The molecule has 2 rings (SSSR count). The number of hydrogen-bond acceptors (Lipinski definition) is 4. The Morgan fingerprint density at radius 1 is 1.17 bits per heavy atom. The summed E-state index contributed by atoms with van der Waals surface area (Å²) < 4.78 is 4.94. The van der Waals surface area contributed by atoms with Gasteiger partial charge in [-0.05, 0) is 31.0 Å². The smallest absolute Gasteiger partial charge is 0.252 e. The maximum Gasteiger partial charge on any atom is 0.252 e. The van der Waals surface area contributed by atoms with E-state index in [1.807, 2.05) is 6.07 Å². The quantitative estimate of drug-likeness (QED) is 0.736. The van der Waals surface area contributed by atoms with Crippen LogP contribution in [0.15, 0.2) is 42.6 Å². The summed E-state index contributed by atoms with van der Waals surface area (Å²) in [5.74, 6) is 0.639. The summed E-state index contributed by atoms with van der Waals surface area (Å²) in [6, 6.07) is 11.9. The molecule has 1 aromatic carbocycles. The van der Waals surface area contributed by atoms with Crippen LogP contribution >= 0.6 is 0 Å². The Balaban J connectivity index is 1.81. The SMILES string of the molecule is COCCCNC(=O)c1ccc(NCc2ccc(C)cc2)nc1. The van der Waals surface area contributed by atoms with E-state index in [0.717, 1.165) is 12.2 Å². The highest BCUT2D eigenvalue weighted by Crippen LogP contribution is 2.09. The van der Waals surface area contributed by atoms with E-state index in [2.05, 4.69) is 46.8 Å². The zero-order chi connectivity index (χ0) is 16.5. The normalized spacial score (nSPS) is 10.3. The van der Waals surface area contributed by atoms with E-state index in [1.165, 1.54) is 11.1 Å². The van der Waals surface area contributed by atoms with Crippen LogP contribution in [0.3, 0.4) is 0 Å². The third-order valence-electron chi connectivity index (χ3n) is 3.43. The number of ether oxygens (including phenoxy) is 1. The summed E-state index contributed by atoms with van der Waals surface area (Å²) in [6.45, 7) is 4.01. The number of carbonyl (C=O) groups excluding carboxylic acids is 1. The Labute approximate surface area is 137 Å². The molecule has 0 atom stereocenters. The zero-order valence-electron chi connectivity index (χ0n) is 13.6. The number of benzene rings is 1. The molecule has 0 saturated heterocycles. The summed E-state index contributed by atoms with van der Waals surface area (Å²) in [5.41, 5.74) is 2.99. The average Bonchev–Trinajstić information content (AvgIpc) is 2.58. The van der Waals surface area contributed by atoms with E-state index in [9.17, 15) is 4.79 Å². The Hall–Kier alpha value is -2.40. The van der Waals surface area contributed by atoms with Gasteiger partial charge in [-0.1, -0.05) is 29.8 Å². The molecule has 2 aromatic rings. The standard InChI is InChI=1S/C18H23N3O2/c1-14-4-6-15(7-5-14)12-20-17-9-8-16(13-21-17)18(22)19-10-3-11-23-2/h4-9,13H,3,10-12H2,1-2H3,(H,19,22)(H,20,21). The van der Waals surface area contributed by atoms with Crippen molar-refractivity contribution in [2.45, 2.75) is 19.9 Å². The van der Waals surface area contributed by atoms with Gasteiger partial charge in [0, 0.05) is 33.0 Å². The van der Waals surface area contributed by atoms with Gasteiger partial charge in [0.2, 0.25) is 0 Å². The van der Waals surface area contributed by atoms with Gasteiger partial charge >= 0.3 is 0 Å². The van der Waals surface area contributed by atoms with Crippen LogP contribution in [0.4, 0.5) is 5.82 Å². The highest BCUT2D eigenvalue weighted by atomic mass is 16.5. The summed E-state index contributed by atoms with van der Waals surface area (Å²) in [7, 11) is 1.65. The van der Waals surface area contributed by atoms with Crippen LogP contribution in [-0.2, 0) is 11.3 Å². The van der Waals surface area contributed by atoms with Crippen molar-refractivity contribution in [1.29, 1.82) is 0 Å². The number of methoxy groups -OCH3 is 1. The van der Waals surface area contributed by atoms with Crippen molar-refractivity contribution in [2.24, 2.45) is 0 Å². The van der Waals surface area contributed by atoms with E-state index in [-0.39, 0.29) is 5.91 Å². The molecule has 0 bridgehead atoms. The molecule has 122 valence electrons. The lowest BCUT2D eigenvalue weighted by atomic mass is 10.1. The van der Waals surface area contributed by atoms with Gasteiger partial charge in [0.1, 0.15) is 5.82 Å². The van der Waals surface area contributed by atoms with Crippen LogP contribution in [0.1, 0.15) is 27.9 Å². The molecule has 0 spiro atoms. The molecular formula is C18H23N3O2. The summed E-state index contributed by atoms with van der Waals surface area (Å²) >= 11 is 0. The molecule has 0 unspecified atom stereocenters. The first kappa shape index (κ1) is 17.0. The van der Waals surface area contributed by atoms with Gasteiger partial charge in [-0.3, -0.25) is 4.79 Å². The number of nitrogens with zero attached hydrogens (tertiary/aromatic N) is 1. The fraction of sp³-hybridized carbons (Fsp3) is 0.333. The maximum absolute atomic E-state index is 11.9. The van der Waals surface area contributed by atoms with Gasteiger partial charge in [0.15, 0.2) is 0 Å². The number of hydrogen-bond donors (Lipinski definition) is 2. The minimum Gasteiger partial charge on any atom is -0.385 e. The maximum atomic E-state index is 11.9. The van der Waals surface area contributed by atoms with Crippen LogP contribution in [0.25, 0.3) is 0 Å². The number of pyridine rings is 1. The lowest BCUT2D eigenvalue weighted by Crippen LogP contribution is -2.25. The highest BCUT2D eigenvalue weighted by molar-refractivity contribution is 5.94. The topological polar surface area (TPSA) is 63.2 Å². The third-order valence-corrected chi connectivity index (χ3v) is 3.43. The second-order valence-electron chi connectivity index (χ2n) is 5.37. The molecule has 2 N–H and O–H groups in total. The highest BCUT2D eigenvalue weighted by Gasteiger charge is 2.05. The van der Waals surface area contributed by atoms with Crippen molar-refractivity contribution in [2.75, 3.05) is 25.6 Å². The molecule has 0 saturated carbocycles.